The van der Waals surface area contributed by atoms with Gasteiger partial charge in [-0.3, -0.25) is 4.99 Å². The van der Waals surface area contributed by atoms with Gasteiger partial charge in [0.2, 0.25) is 0 Å². The first-order chi connectivity index (χ1) is 15.7. The van der Waals surface area contributed by atoms with Gasteiger partial charge in [0.25, 0.3) is 5.92 Å². The molecule has 0 saturated carbocycles. The standard InChI is InChI=1S/C24H26F3N5S/c1-4-28-22-11-17(6-5-15(22)2)29-23(20-13-32(33)30-16(20)3)19-8-7-18(12-21(19)25)31-10-9-24(26,27)14-31/h4-8,11-13,23,29,33H,9-10,14H2,1-3H3. The Bertz CT molecular complexity index is 1190. The van der Waals surface area contributed by atoms with Gasteiger partial charge in [0, 0.05) is 47.9 Å². The van der Waals surface area contributed by atoms with Crippen LogP contribution >= 0.6 is 12.8 Å². The fourth-order valence-corrected chi connectivity index (χ4v) is 4.37. The number of benzene rings is 2. The molecule has 1 unspecified atom stereocenters. The van der Waals surface area contributed by atoms with Gasteiger partial charge in [0.15, 0.2) is 0 Å². The number of hydrogen-bond donors (Lipinski definition) is 2. The number of aryl methyl sites for hydroxylation is 2. The molecule has 33 heavy (non-hydrogen) atoms. The van der Waals surface area contributed by atoms with Crippen LogP contribution < -0.4 is 10.2 Å². The van der Waals surface area contributed by atoms with E-state index in [-0.39, 0.29) is 13.0 Å². The highest BCUT2D eigenvalue weighted by Gasteiger charge is 2.38. The van der Waals surface area contributed by atoms with Crippen molar-refractivity contribution in [3.05, 3.63) is 70.8 Å². The van der Waals surface area contributed by atoms with Gasteiger partial charge in [-0.1, -0.05) is 12.1 Å². The van der Waals surface area contributed by atoms with Crippen LogP contribution in [0.2, 0.25) is 0 Å². The Morgan fingerprint density at radius 3 is 2.58 bits per heavy atom. The lowest BCUT2D eigenvalue weighted by Crippen LogP contribution is -2.25. The van der Waals surface area contributed by atoms with E-state index < -0.39 is 24.3 Å². The molecule has 2 heterocycles. The summed E-state index contributed by atoms with van der Waals surface area (Å²) in [5.41, 5.74) is 4.88. The van der Waals surface area contributed by atoms with Crippen LogP contribution in [-0.2, 0) is 0 Å². The first-order valence-electron chi connectivity index (χ1n) is 10.7. The highest BCUT2D eigenvalue weighted by Crippen LogP contribution is 2.36. The summed E-state index contributed by atoms with van der Waals surface area (Å²) in [6.45, 7) is 5.45. The van der Waals surface area contributed by atoms with E-state index in [0.29, 0.717) is 16.9 Å². The van der Waals surface area contributed by atoms with E-state index in [1.54, 1.807) is 24.5 Å². The average Bonchev–Trinajstić information content (AvgIpc) is 3.29. The van der Waals surface area contributed by atoms with Crippen molar-refractivity contribution >= 4 is 36.1 Å². The largest absolute Gasteiger partial charge is 0.374 e. The summed E-state index contributed by atoms with van der Waals surface area (Å²) in [4.78, 5) is 5.91. The molecule has 1 N–H and O–H groups in total. The number of hydrogen-bond acceptors (Lipinski definition) is 5. The molecule has 9 heteroatoms. The van der Waals surface area contributed by atoms with E-state index in [4.69, 9.17) is 0 Å². The van der Waals surface area contributed by atoms with Crippen LogP contribution in [0.3, 0.4) is 0 Å². The van der Waals surface area contributed by atoms with Crippen LogP contribution in [-0.4, -0.2) is 34.4 Å². The molecule has 0 radical (unpaired) electrons. The van der Waals surface area contributed by atoms with Gasteiger partial charge >= 0.3 is 0 Å². The molecule has 2 aromatic carbocycles. The summed E-state index contributed by atoms with van der Waals surface area (Å²) < 4.78 is 44.1. The number of anilines is 2. The number of nitrogens with zero attached hydrogens (tertiary/aromatic N) is 4. The second kappa shape index (κ2) is 9.13. The Balaban J connectivity index is 1.72. The Morgan fingerprint density at radius 2 is 1.97 bits per heavy atom. The van der Waals surface area contributed by atoms with Crippen LogP contribution in [0.15, 0.2) is 47.6 Å². The summed E-state index contributed by atoms with van der Waals surface area (Å²) in [6, 6.07) is 9.86. The van der Waals surface area contributed by atoms with Crippen LogP contribution in [0.4, 0.5) is 30.2 Å². The van der Waals surface area contributed by atoms with Gasteiger partial charge < -0.3 is 10.2 Å². The molecule has 1 aliphatic heterocycles. The summed E-state index contributed by atoms with van der Waals surface area (Å²) in [6.07, 6.45) is 3.22. The van der Waals surface area contributed by atoms with Crippen LogP contribution in [0.5, 0.6) is 0 Å². The number of aromatic nitrogens is 2. The second-order valence-corrected chi connectivity index (χ2v) is 8.70. The number of thiol groups is 1. The third kappa shape index (κ3) is 5.03. The fraction of sp³-hybridized carbons (Fsp3) is 0.333. The Morgan fingerprint density at radius 1 is 1.18 bits per heavy atom. The molecule has 0 spiro atoms. The first kappa shape index (κ1) is 23.2. The number of rotatable bonds is 6. The lowest BCUT2D eigenvalue weighted by atomic mass is 9.97. The van der Waals surface area contributed by atoms with E-state index in [2.05, 4.69) is 28.2 Å². The molecule has 1 saturated heterocycles. The van der Waals surface area contributed by atoms with E-state index in [0.717, 1.165) is 22.5 Å². The summed E-state index contributed by atoms with van der Waals surface area (Å²) in [7, 11) is 0. The highest BCUT2D eigenvalue weighted by molar-refractivity contribution is 7.78. The van der Waals surface area contributed by atoms with Crippen LogP contribution in [0.1, 0.15) is 41.8 Å². The molecule has 0 aliphatic carbocycles. The smallest absolute Gasteiger partial charge is 0.266 e. The summed E-state index contributed by atoms with van der Waals surface area (Å²) in [5.74, 6) is -3.23. The molecule has 1 atom stereocenters. The van der Waals surface area contributed by atoms with Crippen molar-refractivity contribution in [2.75, 3.05) is 23.3 Å². The minimum Gasteiger partial charge on any atom is -0.374 e. The highest BCUT2D eigenvalue weighted by atomic mass is 32.1. The quantitative estimate of drug-likeness (QED) is 0.336. The molecule has 0 amide bonds. The van der Waals surface area contributed by atoms with Crippen molar-refractivity contribution in [1.29, 1.82) is 0 Å². The van der Waals surface area contributed by atoms with Crippen LogP contribution in [0, 0.1) is 19.7 Å². The maximum atomic E-state index is 15.4. The van der Waals surface area contributed by atoms with Gasteiger partial charge in [0.05, 0.1) is 24.0 Å². The molecule has 5 nitrogen and oxygen atoms in total. The molecule has 3 aromatic rings. The predicted octanol–water partition coefficient (Wildman–Crippen LogP) is 6.10. The van der Waals surface area contributed by atoms with E-state index in [9.17, 15) is 8.78 Å². The van der Waals surface area contributed by atoms with Gasteiger partial charge in [0.1, 0.15) is 5.82 Å². The normalized spacial score (nSPS) is 16.5. The summed E-state index contributed by atoms with van der Waals surface area (Å²) in [5, 5.41) is 7.69. The van der Waals surface area contributed by atoms with Gasteiger partial charge in [-0.25, -0.2) is 17.3 Å². The van der Waals surface area contributed by atoms with Gasteiger partial charge in [-0.15, -0.1) is 0 Å². The average molecular weight is 474 g/mol. The maximum absolute atomic E-state index is 15.4. The second-order valence-electron chi connectivity index (χ2n) is 8.29. The zero-order valence-corrected chi connectivity index (χ0v) is 19.6. The minimum absolute atomic E-state index is 0.198. The zero-order chi connectivity index (χ0) is 23.8. The molecule has 174 valence electrons. The van der Waals surface area contributed by atoms with E-state index in [1.807, 2.05) is 39.0 Å². The maximum Gasteiger partial charge on any atom is 0.266 e. The van der Waals surface area contributed by atoms with E-state index >= 15 is 4.39 Å². The Kier molecular flexibility index (Phi) is 6.43. The number of halogens is 3. The van der Waals surface area contributed by atoms with Crippen molar-refractivity contribution in [2.24, 2.45) is 4.99 Å². The van der Waals surface area contributed by atoms with Gasteiger partial charge in [-0.2, -0.15) is 5.10 Å². The first-order valence-corrected chi connectivity index (χ1v) is 11.1. The van der Waals surface area contributed by atoms with Crippen molar-refractivity contribution < 1.29 is 13.2 Å². The monoisotopic (exact) mass is 473 g/mol. The lowest BCUT2D eigenvalue weighted by molar-refractivity contribution is 0.0257. The molecule has 1 aliphatic rings. The van der Waals surface area contributed by atoms with E-state index in [1.165, 1.54) is 15.1 Å². The minimum atomic E-state index is -2.75. The van der Waals surface area contributed by atoms with Crippen molar-refractivity contribution in [3.8, 4) is 0 Å². The van der Waals surface area contributed by atoms with Crippen molar-refractivity contribution in [3.63, 3.8) is 0 Å². The van der Waals surface area contributed by atoms with Crippen molar-refractivity contribution in [1.82, 2.24) is 9.19 Å². The number of nitrogens with one attached hydrogen (secondary N) is 1. The SMILES string of the molecule is CC=Nc1cc(NC(c2ccc(N3CCC(F)(F)C3)cc2F)c2cn(S)nc2C)ccc1C. The predicted molar refractivity (Wildman–Crippen MR) is 130 cm³/mol. The number of aliphatic imine (C=N–C) groups is 1. The molecule has 0 bridgehead atoms. The molecule has 1 fully saturated rings. The topological polar surface area (TPSA) is 45.5 Å². The third-order valence-electron chi connectivity index (χ3n) is 5.85. The Labute approximate surface area is 196 Å². The Hall–Kier alpha value is -2.94. The fourth-order valence-electron chi connectivity index (χ4n) is 4.11. The summed E-state index contributed by atoms with van der Waals surface area (Å²) >= 11 is 4.27. The lowest BCUT2D eigenvalue weighted by Gasteiger charge is -2.23. The molecule has 4 rings (SSSR count). The number of alkyl halides is 2. The molecule has 1 aromatic heterocycles. The molecular weight excluding hydrogens is 447 g/mol. The van der Waals surface area contributed by atoms with Gasteiger partial charge in [-0.05, 0) is 63.4 Å². The zero-order valence-electron chi connectivity index (χ0n) is 18.7. The third-order valence-corrected chi connectivity index (χ3v) is 6.06. The molecular formula is C24H26F3N5S. The van der Waals surface area contributed by atoms with Crippen LogP contribution in [0.25, 0.3) is 0 Å². The van der Waals surface area contributed by atoms with Crippen molar-refractivity contribution in [2.45, 2.75) is 39.2 Å².